The maximum atomic E-state index is 13.6. The van der Waals surface area contributed by atoms with Crippen LogP contribution in [0.3, 0.4) is 0 Å². The molecule has 2 N–H and O–H groups in total. The van der Waals surface area contributed by atoms with E-state index >= 15 is 0 Å². The van der Waals surface area contributed by atoms with Crippen molar-refractivity contribution in [3.63, 3.8) is 0 Å². The number of hydrogen-bond donors (Lipinski definition) is 2. The highest BCUT2D eigenvalue weighted by molar-refractivity contribution is 6.35. The molecule has 162 valence electrons. The van der Waals surface area contributed by atoms with Crippen molar-refractivity contribution in [1.82, 2.24) is 4.90 Å². The Morgan fingerprint density at radius 1 is 1.13 bits per heavy atom. The van der Waals surface area contributed by atoms with E-state index in [9.17, 15) is 4.79 Å². The molecule has 2 aromatic carbocycles. The number of benzene rings is 2. The number of Topliss-reactive ketones (excluding diaryl/α,β-unsaturated/α-hetero) is 1. The van der Waals surface area contributed by atoms with Gasteiger partial charge in [0.15, 0.2) is 5.78 Å². The molecule has 1 saturated heterocycles. The van der Waals surface area contributed by atoms with E-state index in [4.69, 9.17) is 14.9 Å². The van der Waals surface area contributed by atoms with Gasteiger partial charge in [-0.3, -0.25) is 10.2 Å². The lowest BCUT2D eigenvalue weighted by molar-refractivity contribution is -0.115. The lowest BCUT2D eigenvalue weighted by Gasteiger charge is -2.26. The van der Waals surface area contributed by atoms with Gasteiger partial charge in [0.05, 0.1) is 25.5 Å². The molecule has 1 atom stereocenters. The number of methoxy groups -OCH3 is 2. The first kappa shape index (κ1) is 20.9. The Hall–Kier alpha value is -3.32. The fraction of sp³-hybridized carbons (Fsp3) is 0.333. The van der Waals surface area contributed by atoms with Crippen molar-refractivity contribution in [2.24, 2.45) is 0 Å². The van der Waals surface area contributed by atoms with Gasteiger partial charge in [0, 0.05) is 36.0 Å². The van der Waals surface area contributed by atoms with Gasteiger partial charge in [0.25, 0.3) is 0 Å². The number of allylic oxidation sites excluding steroid dienone is 1. The van der Waals surface area contributed by atoms with E-state index in [-0.39, 0.29) is 11.6 Å². The third kappa shape index (κ3) is 3.88. The molecule has 2 heterocycles. The van der Waals surface area contributed by atoms with Crippen molar-refractivity contribution in [2.75, 3.05) is 45.1 Å². The van der Waals surface area contributed by atoms with Crippen LogP contribution in [0, 0.1) is 5.41 Å². The molecule has 2 aliphatic rings. The highest BCUT2D eigenvalue weighted by Gasteiger charge is 2.43. The second kappa shape index (κ2) is 8.43. The summed E-state index contributed by atoms with van der Waals surface area (Å²) in [5, 5.41) is 12.4. The van der Waals surface area contributed by atoms with Gasteiger partial charge in [-0.25, -0.2) is 0 Å². The zero-order valence-electron chi connectivity index (χ0n) is 18.4. The summed E-state index contributed by atoms with van der Waals surface area (Å²) in [6.45, 7) is 0.734. The number of hydrogen-bond acceptors (Lipinski definition) is 6. The molecular weight excluding hydrogens is 392 g/mol. The third-order valence-electron chi connectivity index (χ3n) is 5.77. The number of nitrogens with one attached hydrogen (secondary N) is 2. The molecule has 2 aliphatic heterocycles. The molecule has 0 bridgehead atoms. The second-order valence-electron chi connectivity index (χ2n) is 8.07. The molecule has 0 spiro atoms. The fourth-order valence-corrected chi connectivity index (χ4v) is 4.19. The summed E-state index contributed by atoms with van der Waals surface area (Å²) in [7, 11) is 7.15. The lowest BCUT2D eigenvalue weighted by Crippen LogP contribution is -2.37. The first-order valence-corrected chi connectivity index (χ1v) is 10.3. The summed E-state index contributed by atoms with van der Waals surface area (Å²) < 4.78 is 10.9. The maximum Gasteiger partial charge on any atom is 0.191 e. The van der Waals surface area contributed by atoms with E-state index in [1.165, 1.54) is 0 Å². The summed E-state index contributed by atoms with van der Waals surface area (Å²) in [4.78, 5) is 17.5. The molecule has 2 aromatic rings. The number of para-hydroxylation sites is 1. The normalized spacial score (nSPS) is 20.3. The average molecular weight is 421 g/mol. The zero-order chi connectivity index (χ0) is 22.1. The number of carbonyl (C=O) groups excluding carboxylic acids is 1. The van der Waals surface area contributed by atoms with Crippen molar-refractivity contribution >= 4 is 23.0 Å². The fourth-order valence-electron chi connectivity index (χ4n) is 4.19. The van der Waals surface area contributed by atoms with Gasteiger partial charge in [-0.2, -0.15) is 0 Å². The minimum atomic E-state index is -0.459. The molecular formula is C24H28N4O3. The Morgan fingerprint density at radius 3 is 2.42 bits per heavy atom. The molecule has 0 amide bonds. The summed E-state index contributed by atoms with van der Waals surface area (Å²) >= 11 is 0. The van der Waals surface area contributed by atoms with Gasteiger partial charge in [0.2, 0.25) is 0 Å². The highest BCUT2D eigenvalue weighted by atomic mass is 16.5. The van der Waals surface area contributed by atoms with Crippen LogP contribution in [0.15, 0.2) is 53.7 Å². The smallest absolute Gasteiger partial charge is 0.191 e. The number of rotatable bonds is 6. The van der Waals surface area contributed by atoms with Gasteiger partial charge < -0.3 is 24.6 Å². The van der Waals surface area contributed by atoms with E-state index in [2.05, 4.69) is 10.2 Å². The highest BCUT2D eigenvalue weighted by Crippen LogP contribution is 2.38. The van der Waals surface area contributed by atoms with Crippen molar-refractivity contribution in [2.45, 2.75) is 18.9 Å². The number of amidine groups is 1. The van der Waals surface area contributed by atoms with Gasteiger partial charge >= 0.3 is 0 Å². The summed E-state index contributed by atoms with van der Waals surface area (Å²) in [6, 6.07) is 13.0. The Bertz CT molecular complexity index is 1010. The van der Waals surface area contributed by atoms with Crippen molar-refractivity contribution < 1.29 is 14.3 Å². The first-order valence-electron chi connectivity index (χ1n) is 10.3. The number of carbonyl (C=O) groups is 1. The zero-order valence-corrected chi connectivity index (χ0v) is 18.4. The van der Waals surface area contributed by atoms with Crippen LogP contribution in [0.2, 0.25) is 0 Å². The first-order chi connectivity index (χ1) is 14.9. The van der Waals surface area contributed by atoms with E-state index in [1.807, 2.05) is 55.4 Å². The van der Waals surface area contributed by atoms with Crippen LogP contribution in [-0.2, 0) is 11.2 Å². The average Bonchev–Trinajstić information content (AvgIpc) is 3.29. The predicted molar refractivity (Wildman–Crippen MR) is 123 cm³/mol. The Morgan fingerprint density at radius 2 is 1.81 bits per heavy atom. The van der Waals surface area contributed by atoms with Crippen molar-refractivity contribution in [3.05, 3.63) is 59.3 Å². The third-order valence-corrected chi connectivity index (χ3v) is 5.77. The lowest BCUT2D eigenvalue weighted by atomic mass is 10.0. The SMILES string of the molecule is COc1cc(OC)cc(N2C(=N)C(=C3Cc4ccccc4N3)C(=O)C2CCN(C)C)c1. The van der Waals surface area contributed by atoms with Gasteiger partial charge in [-0.15, -0.1) is 0 Å². The Kier molecular flexibility index (Phi) is 5.69. The topological polar surface area (TPSA) is 77.9 Å². The minimum Gasteiger partial charge on any atom is -0.497 e. The summed E-state index contributed by atoms with van der Waals surface area (Å²) in [5.74, 6) is 1.42. The van der Waals surface area contributed by atoms with Crippen LogP contribution in [0.5, 0.6) is 11.5 Å². The molecule has 0 aromatic heterocycles. The molecule has 4 rings (SSSR count). The van der Waals surface area contributed by atoms with Gasteiger partial charge in [-0.1, -0.05) is 18.2 Å². The summed E-state index contributed by atoms with van der Waals surface area (Å²) in [5.41, 5.74) is 4.10. The maximum absolute atomic E-state index is 13.6. The molecule has 7 heteroatoms. The number of anilines is 2. The number of fused-ring (bicyclic) bond motifs is 1. The number of ether oxygens (including phenoxy) is 2. The van der Waals surface area contributed by atoms with Crippen LogP contribution in [0.25, 0.3) is 0 Å². The van der Waals surface area contributed by atoms with Crippen LogP contribution in [0.4, 0.5) is 11.4 Å². The standard InChI is InChI=1S/C24H28N4O3/c1-27(2)10-9-21-23(29)22(20-11-15-7-5-6-8-19(15)26-20)24(25)28(21)16-12-17(30-3)14-18(13-16)31-4/h5-8,12-14,21,25-26H,9-11H2,1-4H3. The second-order valence-corrected chi connectivity index (χ2v) is 8.07. The van der Waals surface area contributed by atoms with Crippen molar-refractivity contribution in [3.8, 4) is 11.5 Å². The molecule has 7 nitrogen and oxygen atoms in total. The minimum absolute atomic E-state index is 0.0241. The van der Waals surface area contributed by atoms with E-state index in [0.717, 1.165) is 23.5 Å². The quantitative estimate of drug-likeness (QED) is 0.698. The van der Waals surface area contributed by atoms with Crippen molar-refractivity contribution in [1.29, 1.82) is 5.41 Å². The van der Waals surface area contributed by atoms with Gasteiger partial charge in [0.1, 0.15) is 23.4 Å². The van der Waals surface area contributed by atoms with Crippen LogP contribution in [-0.4, -0.2) is 57.4 Å². The molecule has 0 saturated carbocycles. The monoisotopic (exact) mass is 420 g/mol. The van der Waals surface area contributed by atoms with E-state index in [0.29, 0.717) is 35.6 Å². The Balaban J connectivity index is 1.78. The number of ketones is 1. The molecule has 1 fully saturated rings. The van der Waals surface area contributed by atoms with Crippen LogP contribution >= 0.6 is 0 Å². The molecule has 0 aliphatic carbocycles. The number of nitrogens with zero attached hydrogens (tertiary/aromatic N) is 2. The predicted octanol–water partition coefficient (Wildman–Crippen LogP) is 3.31. The molecule has 31 heavy (non-hydrogen) atoms. The van der Waals surface area contributed by atoms with Crippen LogP contribution < -0.4 is 19.7 Å². The van der Waals surface area contributed by atoms with Gasteiger partial charge in [-0.05, 0) is 38.7 Å². The van der Waals surface area contributed by atoms with Crippen LogP contribution in [0.1, 0.15) is 12.0 Å². The molecule has 0 radical (unpaired) electrons. The van der Waals surface area contributed by atoms with E-state index in [1.54, 1.807) is 20.3 Å². The largest absolute Gasteiger partial charge is 0.497 e. The summed E-state index contributed by atoms with van der Waals surface area (Å²) in [6.07, 6.45) is 1.23. The Labute approximate surface area is 182 Å². The van der Waals surface area contributed by atoms with E-state index < -0.39 is 6.04 Å². The molecule has 1 unspecified atom stereocenters.